The van der Waals surface area contributed by atoms with E-state index >= 15 is 0 Å². The number of aromatic amines is 1. The number of hydrogen-bond donors (Lipinski definition) is 3. The molecule has 1 heterocycles. The predicted octanol–water partition coefficient (Wildman–Crippen LogP) is 2.66. The first-order valence-electron chi connectivity index (χ1n) is 7.06. The van der Waals surface area contributed by atoms with Crippen molar-refractivity contribution in [2.24, 2.45) is 11.7 Å². The van der Waals surface area contributed by atoms with Crippen LogP contribution in [-0.2, 0) is 4.79 Å². The number of nitrogens with one attached hydrogen (secondary N) is 2. The fraction of sp³-hybridized carbons (Fsp3) is 0.467. The smallest absolute Gasteiger partial charge is 0.227 e. The molecule has 5 heteroatoms. The molecule has 1 aromatic carbocycles. The van der Waals surface area contributed by atoms with Crippen molar-refractivity contribution in [3.8, 4) is 0 Å². The van der Waals surface area contributed by atoms with Crippen LogP contribution in [0.3, 0.4) is 0 Å². The molecule has 0 saturated heterocycles. The van der Waals surface area contributed by atoms with Crippen LogP contribution in [0.25, 0.3) is 10.9 Å². The first kappa shape index (κ1) is 14.5. The molecule has 1 aromatic heterocycles. The quantitative estimate of drug-likeness (QED) is 0.757. The summed E-state index contributed by atoms with van der Waals surface area (Å²) in [5.41, 5.74) is 7.49. The van der Waals surface area contributed by atoms with Crippen LogP contribution in [-0.4, -0.2) is 22.1 Å². The van der Waals surface area contributed by atoms with Crippen LogP contribution < -0.4 is 11.1 Å². The maximum absolute atomic E-state index is 12.1. The highest BCUT2D eigenvalue weighted by molar-refractivity contribution is 5.94. The summed E-state index contributed by atoms with van der Waals surface area (Å²) in [6.45, 7) is 3.94. The van der Waals surface area contributed by atoms with E-state index in [1.165, 1.54) is 0 Å². The molecule has 0 bridgehead atoms. The zero-order chi connectivity index (χ0) is 14.5. The molecule has 2 aromatic rings. The number of rotatable bonds is 6. The molecule has 0 fully saturated rings. The van der Waals surface area contributed by atoms with E-state index in [4.69, 9.17) is 5.73 Å². The number of amides is 1. The Kier molecular flexibility index (Phi) is 4.74. The molecule has 2 atom stereocenters. The van der Waals surface area contributed by atoms with Crippen molar-refractivity contribution in [1.29, 1.82) is 0 Å². The van der Waals surface area contributed by atoms with Gasteiger partial charge < -0.3 is 11.1 Å². The Morgan fingerprint density at radius 2 is 2.20 bits per heavy atom. The van der Waals surface area contributed by atoms with Crippen molar-refractivity contribution < 1.29 is 4.79 Å². The molecule has 20 heavy (non-hydrogen) atoms. The zero-order valence-corrected chi connectivity index (χ0v) is 12.0. The lowest BCUT2D eigenvalue weighted by molar-refractivity contribution is -0.119. The number of aromatic nitrogens is 2. The van der Waals surface area contributed by atoms with Crippen LogP contribution in [0.2, 0.25) is 0 Å². The minimum Gasteiger partial charge on any atom is -0.328 e. The Morgan fingerprint density at radius 3 is 2.95 bits per heavy atom. The van der Waals surface area contributed by atoms with Crippen molar-refractivity contribution in [3.05, 3.63) is 24.4 Å². The van der Waals surface area contributed by atoms with Gasteiger partial charge in [-0.25, -0.2) is 0 Å². The summed E-state index contributed by atoms with van der Waals surface area (Å²) < 4.78 is 0. The van der Waals surface area contributed by atoms with Crippen molar-refractivity contribution in [1.82, 2.24) is 10.2 Å². The summed E-state index contributed by atoms with van der Waals surface area (Å²) in [5, 5.41) is 10.8. The molecule has 0 saturated carbocycles. The maximum Gasteiger partial charge on any atom is 0.227 e. The average molecular weight is 274 g/mol. The Morgan fingerprint density at radius 1 is 1.40 bits per heavy atom. The lowest BCUT2D eigenvalue weighted by atomic mass is 10.0. The van der Waals surface area contributed by atoms with Gasteiger partial charge in [-0.05, 0) is 38.0 Å². The summed E-state index contributed by atoms with van der Waals surface area (Å²) in [4.78, 5) is 12.1. The topological polar surface area (TPSA) is 83.8 Å². The fourth-order valence-electron chi connectivity index (χ4n) is 2.16. The largest absolute Gasteiger partial charge is 0.328 e. The van der Waals surface area contributed by atoms with E-state index in [1.54, 1.807) is 6.20 Å². The molecule has 0 aliphatic carbocycles. The summed E-state index contributed by atoms with van der Waals surface area (Å²) in [6.07, 6.45) is 4.55. The molecule has 0 aliphatic heterocycles. The minimum absolute atomic E-state index is 0.00574. The van der Waals surface area contributed by atoms with Crippen LogP contribution in [0.4, 0.5) is 5.69 Å². The average Bonchev–Trinajstić information content (AvgIpc) is 2.85. The highest BCUT2D eigenvalue weighted by Gasteiger charge is 2.13. The fourth-order valence-corrected chi connectivity index (χ4v) is 2.16. The highest BCUT2D eigenvalue weighted by atomic mass is 16.1. The van der Waals surface area contributed by atoms with E-state index in [2.05, 4.69) is 15.5 Å². The Bertz CT molecular complexity index is 576. The SMILES string of the molecule is CC(N)CCCC(C)C(=O)Nc1ccc2[nH]ncc2c1. The van der Waals surface area contributed by atoms with Crippen LogP contribution in [0, 0.1) is 5.92 Å². The van der Waals surface area contributed by atoms with E-state index in [-0.39, 0.29) is 17.9 Å². The van der Waals surface area contributed by atoms with Gasteiger partial charge in [-0.1, -0.05) is 13.3 Å². The van der Waals surface area contributed by atoms with Crippen molar-refractivity contribution in [3.63, 3.8) is 0 Å². The van der Waals surface area contributed by atoms with Gasteiger partial charge in [-0.15, -0.1) is 0 Å². The van der Waals surface area contributed by atoms with Gasteiger partial charge in [0.25, 0.3) is 0 Å². The molecule has 108 valence electrons. The number of anilines is 1. The molecule has 0 aliphatic rings. The summed E-state index contributed by atoms with van der Waals surface area (Å²) in [7, 11) is 0. The van der Waals surface area contributed by atoms with Crippen LogP contribution in [0.1, 0.15) is 33.1 Å². The molecule has 2 unspecified atom stereocenters. The number of H-pyrrole nitrogens is 1. The van der Waals surface area contributed by atoms with E-state index < -0.39 is 0 Å². The van der Waals surface area contributed by atoms with Crippen molar-refractivity contribution in [2.45, 2.75) is 39.2 Å². The molecule has 2 rings (SSSR count). The molecular weight excluding hydrogens is 252 g/mol. The predicted molar refractivity (Wildman–Crippen MR) is 81.4 cm³/mol. The van der Waals surface area contributed by atoms with Gasteiger partial charge in [-0.2, -0.15) is 5.10 Å². The summed E-state index contributed by atoms with van der Waals surface area (Å²) in [5.74, 6) is 0.0475. The summed E-state index contributed by atoms with van der Waals surface area (Å²) in [6, 6.07) is 5.92. The van der Waals surface area contributed by atoms with Gasteiger partial charge >= 0.3 is 0 Å². The van der Waals surface area contributed by atoms with E-state index in [9.17, 15) is 4.79 Å². The monoisotopic (exact) mass is 274 g/mol. The van der Waals surface area contributed by atoms with Crippen LogP contribution in [0.5, 0.6) is 0 Å². The first-order valence-corrected chi connectivity index (χ1v) is 7.06. The normalized spacial score (nSPS) is 14.2. The number of carbonyl (C=O) groups excluding carboxylic acids is 1. The lowest BCUT2D eigenvalue weighted by Crippen LogP contribution is -2.21. The number of carbonyl (C=O) groups is 1. The Balaban J connectivity index is 1.89. The maximum atomic E-state index is 12.1. The van der Waals surface area contributed by atoms with Gasteiger partial charge in [0.05, 0.1) is 11.7 Å². The second kappa shape index (κ2) is 6.52. The molecule has 4 N–H and O–H groups in total. The second-order valence-corrected chi connectivity index (χ2v) is 5.47. The number of hydrogen-bond acceptors (Lipinski definition) is 3. The molecule has 0 spiro atoms. The Hall–Kier alpha value is -1.88. The zero-order valence-electron chi connectivity index (χ0n) is 12.0. The van der Waals surface area contributed by atoms with Crippen molar-refractivity contribution >= 4 is 22.5 Å². The van der Waals surface area contributed by atoms with Gasteiger partial charge in [0.2, 0.25) is 5.91 Å². The molecule has 1 amide bonds. The highest BCUT2D eigenvalue weighted by Crippen LogP contribution is 2.18. The third-order valence-electron chi connectivity index (χ3n) is 3.45. The van der Waals surface area contributed by atoms with Crippen molar-refractivity contribution in [2.75, 3.05) is 5.32 Å². The van der Waals surface area contributed by atoms with Gasteiger partial charge in [-0.3, -0.25) is 9.89 Å². The van der Waals surface area contributed by atoms with Gasteiger partial charge in [0, 0.05) is 23.0 Å². The van der Waals surface area contributed by atoms with Gasteiger partial charge in [0.15, 0.2) is 0 Å². The number of fused-ring (bicyclic) bond motifs is 1. The standard InChI is InChI=1S/C15H22N4O/c1-10(4-3-5-11(2)16)15(20)18-13-6-7-14-12(8-13)9-17-19-14/h6-11H,3-5,16H2,1-2H3,(H,17,19)(H,18,20). The molecule has 5 nitrogen and oxygen atoms in total. The molecular formula is C15H22N4O. The third-order valence-corrected chi connectivity index (χ3v) is 3.45. The van der Waals surface area contributed by atoms with E-state index in [0.29, 0.717) is 0 Å². The number of nitrogens with zero attached hydrogens (tertiary/aromatic N) is 1. The van der Waals surface area contributed by atoms with Crippen LogP contribution >= 0.6 is 0 Å². The number of benzene rings is 1. The van der Waals surface area contributed by atoms with E-state index in [0.717, 1.165) is 35.9 Å². The minimum atomic E-state index is -0.00574. The van der Waals surface area contributed by atoms with Gasteiger partial charge in [0.1, 0.15) is 0 Å². The lowest BCUT2D eigenvalue weighted by Gasteiger charge is -2.13. The number of nitrogens with two attached hydrogens (primary N) is 1. The first-order chi connectivity index (χ1) is 9.56. The second-order valence-electron chi connectivity index (χ2n) is 5.47. The third kappa shape index (κ3) is 3.81. The van der Waals surface area contributed by atoms with Crippen LogP contribution in [0.15, 0.2) is 24.4 Å². The van der Waals surface area contributed by atoms with E-state index in [1.807, 2.05) is 32.0 Å². The summed E-state index contributed by atoms with van der Waals surface area (Å²) >= 11 is 0. The molecule has 0 radical (unpaired) electrons. The Labute approximate surface area is 118 Å².